The zero-order valence-corrected chi connectivity index (χ0v) is 25.5. The van der Waals surface area contributed by atoms with E-state index in [1.807, 2.05) is 0 Å². The highest BCUT2D eigenvalue weighted by Crippen LogP contribution is 2.30. The highest BCUT2D eigenvalue weighted by Gasteiger charge is 2.53. The fourth-order valence-corrected chi connectivity index (χ4v) is 4.26. The molecule has 2 rings (SSSR count). The van der Waals surface area contributed by atoms with Crippen LogP contribution in [-0.4, -0.2) is 91.8 Å². The number of allylic oxidation sites excluding steroid dienone is 1. The Labute approximate surface area is 255 Å². The van der Waals surface area contributed by atoms with Crippen molar-refractivity contribution in [1.29, 1.82) is 0 Å². The van der Waals surface area contributed by atoms with Crippen LogP contribution < -0.4 is 5.32 Å². The molecule has 1 aliphatic heterocycles. The lowest BCUT2D eigenvalue weighted by Gasteiger charge is -2.44. The number of hydrogen-bond donors (Lipinski definition) is 1. The molecule has 1 fully saturated rings. The molecule has 0 spiro atoms. The Bertz CT molecular complexity index is 1180. The van der Waals surface area contributed by atoms with Crippen LogP contribution in [0.4, 0.5) is 0 Å². The highest BCUT2D eigenvalue weighted by molar-refractivity contribution is 5.89. The molecule has 14 heteroatoms. The summed E-state index contributed by atoms with van der Waals surface area (Å²) in [7, 11) is 0. The summed E-state index contributed by atoms with van der Waals surface area (Å²) >= 11 is 0. The van der Waals surface area contributed by atoms with Crippen molar-refractivity contribution in [2.24, 2.45) is 0 Å². The molecule has 242 valence electrons. The van der Waals surface area contributed by atoms with E-state index in [-0.39, 0.29) is 24.5 Å². The number of rotatable bonds is 14. The molecule has 0 aliphatic carbocycles. The molecule has 1 saturated heterocycles. The molecular formula is C30H39NO13. The second-order valence-electron chi connectivity index (χ2n) is 9.69. The molecule has 0 aromatic heterocycles. The van der Waals surface area contributed by atoms with Crippen LogP contribution in [0, 0.1) is 0 Å². The number of benzene rings is 1. The summed E-state index contributed by atoms with van der Waals surface area (Å²) in [5.74, 6) is -4.09. The van der Waals surface area contributed by atoms with Crippen molar-refractivity contribution in [2.75, 3.05) is 13.2 Å². The van der Waals surface area contributed by atoms with Gasteiger partial charge in [0, 0.05) is 34.1 Å². The van der Waals surface area contributed by atoms with E-state index >= 15 is 0 Å². The molecule has 14 nitrogen and oxygen atoms in total. The third kappa shape index (κ3) is 11.4. The second-order valence-corrected chi connectivity index (χ2v) is 9.69. The summed E-state index contributed by atoms with van der Waals surface area (Å²) in [6.07, 6.45) is -4.73. The van der Waals surface area contributed by atoms with Crippen LogP contribution in [0.15, 0.2) is 42.5 Å². The van der Waals surface area contributed by atoms with Gasteiger partial charge in [-0.1, -0.05) is 31.2 Å². The Balaban J connectivity index is 2.45. The maximum absolute atomic E-state index is 12.9. The standard InChI is InChI=1S/C30H39NO13/c1-7-12-23(43-29(37)21-13-10-9-11-14-21)22(31-25(36)8-2)15-39-30-28(42-20(6)35)27(41-19(5)34)26(40-18(4)33)24(44-30)16-38-17(3)32/h7,9-14,22-24,26-28,30H,8,15-16H2,1-6H3,(H,31,36)/b12-7+/t22-,23+,24+,26-,27-,28+,30+/m0/s1. The first kappa shape index (κ1) is 35.9. The average Bonchev–Trinajstić information content (AvgIpc) is 2.96. The van der Waals surface area contributed by atoms with Gasteiger partial charge in [0.05, 0.1) is 18.2 Å². The molecule has 1 N–H and O–H groups in total. The van der Waals surface area contributed by atoms with Crippen LogP contribution in [0.5, 0.6) is 0 Å². The minimum absolute atomic E-state index is 0.102. The molecule has 0 bridgehead atoms. The highest BCUT2D eigenvalue weighted by atomic mass is 16.7. The van der Waals surface area contributed by atoms with Crippen molar-refractivity contribution in [3.8, 4) is 0 Å². The maximum atomic E-state index is 12.9. The maximum Gasteiger partial charge on any atom is 0.338 e. The van der Waals surface area contributed by atoms with Crippen LogP contribution in [0.3, 0.4) is 0 Å². The molecule has 1 aromatic rings. The van der Waals surface area contributed by atoms with E-state index in [1.54, 1.807) is 56.3 Å². The Morgan fingerprint density at radius 1 is 0.864 bits per heavy atom. The van der Waals surface area contributed by atoms with Gasteiger partial charge in [-0.3, -0.25) is 24.0 Å². The largest absolute Gasteiger partial charge is 0.463 e. The first-order valence-electron chi connectivity index (χ1n) is 14.0. The average molecular weight is 622 g/mol. The molecule has 0 unspecified atom stereocenters. The third-order valence-corrected chi connectivity index (χ3v) is 6.09. The van der Waals surface area contributed by atoms with Crippen molar-refractivity contribution >= 4 is 35.8 Å². The van der Waals surface area contributed by atoms with Gasteiger partial charge < -0.3 is 38.5 Å². The van der Waals surface area contributed by atoms with Crippen LogP contribution in [0.2, 0.25) is 0 Å². The Kier molecular flexibility index (Phi) is 14.5. The lowest BCUT2D eigenvalue weighted by molar-refractivity contribution is -0.309. The smallest absolute Gasteiger partial charge is 0.338 e. The van der Waals surface area contributed by atoms with E-state index in [4.69, 9.17) is 33.2 Å². The lowest BCUT2D eigenvalue weighted by atomic mass is 9.98. The minimum atomic E-state index is -1.49. The predicted molar refractivity (Wildman–Crippen MR) is 151 cm³/mol. The molecule has 1 aliphatic rings. The van der Waals surface area contributed by atoms with E-state index in [0.29, 0.717) is 0 Å². The summed E-state index contributed by atoms with van der Waals surface area (Å²) in [4.78, 5) is 73.1. The number of amides is 1. The van der Waals surface area contributed by atoms with Gasteiger partial charge in [0.15, 0.2) is 24.6 Å². The lowest BCUT2D eigenvalue weighted by Crippen LogP contribution is -2.63. The van der Waals surface area contributed by atoms with Crippen molar-refractivity contribution in [2.45, 2.75) is 90.8 Å². The minimum Gasteiger partial charge on any atom is -0.463 e. The molecule has 1 heterocycles. The fraction of sp³-hybridized carbons (Fsp3) is 0.533. The molecular weight excluding hydrogens is 582 g/mol. The number of ether oxygens (including phenoxy) is 7. The van der Waals surface area contributed by atoms with Gasteiger partial charge >= 0.3 is 29.8 Å². The number of nitrogens with one attached hydrogen (secondary N) is 1. The summed E-state index contributed by atoms with van der Waals surface area (Å²) in [6.45, 7) is 6.98. The normalized spacial score (nSPS) is 22.6. The zero-order chi connectivity index (χ0) is 32.8. The number of carbonyl (C=O) groups excluding carboxylic acids is 6. The van der Waals surface area contributed by atoms with Crippen molar-refractivity contribution in [3.05, 3.63) is 48.0 Å². The summed E-state index contributed by atoms with van der Waals surface area (Å²) in [5.41, 5.74) is 0.281. The van der Waals surface area contributed by atoms with Crippen molar-refractivity contribution < 1.29 is 61.9 Å². The van der Waals surface area contributed by atoms with Crippen LogP contribution in [-0.2, 0) is 57.1 Å². The van der Waals surface area contributed by atoms with Crippen LogP contribution in [0.25, 0.3) is 0 Å². The summed E-state index contributed by atoms with van der Waals surface area (Å²) in [6, 6.07) is 7.26. The summed E-state index contributed by atoms with van der Waals surface area (Å²) < 4.78 is 38.9. The Hall–Kier alpha value is -4.30. The first-order chi connectivity index (χ1) is 20.9. The van der Waals surface area contributed by atoms with Crippen molar-refractivity contribution in [1.82, 2.24) is 5.32 Å². The number of esters is 5. The van der Waals surface area contributed by atoms with Crippen LogP contribution in [0.1, 0.15) is 58.3 Å². The topological polar surface area (TPSA) is 179 Å². The zero-order valence-electron chi connectivity index (χ0n) is 25.5. The Morgan fingerprint density at radius 3 is 2.00 bits per heavy atom. The molecule has 1 amide bonds. The molecule has 44 heavy (non-hydrogen) atoms. The van der Waals surface area contributed by atoms with Gasteiger partial charge in [-0.15, -0.1) is 0 Å². The third-order valence-electron chi connectivity index (χ3n) is 6.09. The quantitative estimate of drug-likeness (QED) is 0.181. The van der Waals surface area contributed by atoms with E-state index < -0.39 is 79.3 Å². The number of hydrogen-bond acceptors (Lipinski definition) is 13. The van der Waals surface area contributed by atoms with Gasteiger partial charge in [0.2, 0.25) is 5.91 Å². The Morgan fingerprint density at radius 2 is 1.45 bits per heavy atom. The van der Waals surface area contributed by atoms with Crippen molar-refractivity contribution in [3.63, 3.8) is 0 Å². The van der Waals surface area contributed by atoms with E-state index in [1.165, 1.54) is 0 Å². The molecule has 1 aromatic carbocycles. The van der Waals surface area contributed by atoms with Gasteiger partial charge in [0.1, 0.15) is 18.8 Å². The molecule has 7 atom stereocenters. The van der Waals surface area contributed by atoms with Crippen LogP contribution >= 0.6 is 0 Å². The second kappa shape index (κ2) is 17.7. The van der Waals surface area contributed by atoms with Gasteiger partial charge in [0.25, 0.3) is 0 Å². The van der Waals surface area contributed by atoms with Gasteiger partial charge in [-0.2, -0.15) is 0 Å². The van der Waals surface area contributed by atoms with E-state index in [2.05, 4.69) is 5.32 Å². The molecule has 0 radical (unpaired) electrons. The van der Waals surface area contributed by atoms with E-state index in [0.717, 1.165) is 27.7 Å². The first-order valence-corrected chi connectivity index (χ1v) is 14.0. The molecule has 0 saturated carbocycles. The fourth-order valence-electron chi connectivity index (χ4n) is 4.26. The SMILES string of the molecule is C/C=C/[C@@H](OC(=O)c1ccccc1)[C@H](CO[C@@H]1O[C@H](COC(C)=O)[C@H](OC(C)=O)[C@H](OC(C)=O)[C@H]1OC(C)=O)NC(=O)CC. The predicted octanol–water partition coefficient (Wildman–Crippen LogP) is 1.78. The van der Waals surface area contributed by atoms with Gasteiger partial charge in [-0.05, 0) is 25.1 Å². The number of carbonyl (C=O) groups is 6. The monoisotopic (exact) mass is 621 g/mol. The van der Waals surface area contributed by atoms with E-state index in [9.17, 15) is 28.8 Å². The summed E-state index contributed by atoms with van der Waals surface area (Å²) in [5, 5.41) is 2.75. The van der Waals surface area contributed by atoms with Gasteiger partial charge in [-0.25, -0.2) is 4.79 Å².